The Morgan fingerprint density at radius 2 is 0.870 bits per heavy atom. The van der Waals surface area contributed by atoms with Crippen molar-refractivity contribution in [3.63, 3.8) is 0 Å². The number of hydrogen-bond donors (Lipinski definition) is 2. The molecule has 0 fully saturated rings. The zero-order chi connectivity index (χ0) is 16.1. The first-order chi connectivity index (χ1) is 11.2. The van der Waals surface area contributed by atoms with Crippen LogP contribution in [0.1, 0.15) is 0 Å². The van der Waals surface area contributed by atoms with Crippen LogP contribution < -0.4 is 15.9 Å². The molecule has 0 saturated carbocycles. The molecule has 3 nitrogen and oxygen atoms in total. The van der Waals surface area contributed by atoms with E-state index >= 15 is 0 Å². The molecule has 5 heteroatoms. The van der Waals surface area contributed by atoms with Crippen molar-refractivity contribution in [1.82, 2.24) is 0 Å². The van der Waals surface area contributed by atoms with E-state index < -0.39 is 14.8 Å². The topological polar surface area (TPSA) is 49.7 Å². The Balaban J connectivity index is 2.30. The van der Waals surface area contributed by atoms with Gasteiger partial charge in [0.25, 0.3) is 0 Å². The molecule has 3 rings (SSSR count). The molecule has 0 aromatic heterocycles. The number of benzene rings is 3. The Kier molecular flexibility index (Phi) is 4.89. The first-order valence-electron chi connectivity index (χ1n) is 7.44. The third kappa shape index (κ3) is 3.21. The fourth-order valence-corrected chi connectivity index (χ4v) is 6.59. The van der Waals surface area contributed by atoms with Crippen molar-refractivity contribution in [2.24, 2.45) is 0 Å². The predicted molar refractivity (Wildman–Crippen MR) is 97.8 cm³/mol. The van der Waals surface area contributed by atoms with Crippen LogP contribution in [-0.4, -0.2) is 17.4 Å². The summed E-state index contributed by atoms with van der Waals surface area (Å²) < 4.78 is 5.85. The van der Waals surface area contributed by atoms with E-state index in [1.54, 1.807) is 0 Å². The minimum atomic E-state index is -2.99. The van der Waals surface area contributed by atoms with Crippen LogP contribution in [-0.2, 0) is 4.44 Å². The van der Waals surface area contributed by atoms with Crippen LogP contribution in [0.25, 0.3) is 0 Å². The standard InChI is InChI=1S/C18H18BO3P/c20-19(21)22-23(16-10-4-1-5-11-16,17-12-6-2-7-13-17)18-14-8-3-9-15-18/h1-15,20-21,23H. The van der Waals surface area contributed by atoms with Gasteiger partial charge >= 0.3 is 136 Å². The van der Waals surface area contributed by atoms with Crippen molar-refractivity contribution < 1.29 is 14.5 Å². The Morgan fingerprint density at radius 3 is 1.13 bits per heavy atom. The first-order valence-corrected chi connectivity index (χ1v) is 9.35. The van der Waals surface area contributed by atoms with Crippen molar-refractivity contribution in [2.45, 2.75) is 0 Å². The Hall–Kier alpha value is -1.97. The van der Waals surface area contributed by atoms with Gasteiger partial charge in [-0.25, -0.2) is 0 Å². The van der Waals surface area contributed by atoms with E-state index in [1.807, 2.05) is 91.0 Å². The molecule has 0 saturated heterocycles. The van der Waals surface area contributed by atoms with Crippen LogP contribution >= 0.6 is 7.49 Å². The molecule has 0 bridgehead atoms. The molecular weight excluding hydrogens is 306 g/mol. The van der Waals surface area contributed by atoms with Crippen molar-refractivity contribution in [2.75, 3.05) is 0 Å². The van der Waals surface area contributed by atoms with Gasteiger partial charge in [-0.3, -0.25) is 0 Å². The Labute approximate surface area is 136 Å². The minimum absolute atomic E-state index is 0.963. The van der Waals surface area contributed by atoms with E-state index in [2.05, 4.69) is 0 Å². The molecular formula is C18H18BO3P. The van der Waals surface area contributed by atoms with Gasteiger partial charge in [0.2, 0.25) is 0 Å². The van der Waals surface area contributed by atoms with Crippen LogP contribution in [0.4, 0.5) is 0 Å². The number of rotatable bonds is 5. The van der Waals surface area contributed by atoms with Crippen LogP contribution in [0, 0.1) is 0 Å². The summed E-state index contributed by atoms with van der Waals surface area (Å²) in [6.45, 7) is 0. The summed E-state index contributed by atoms with van der Waals surface area (Å²) in [4.78, 5) is 0. The summed E-state index contributed by atoms with van der Waals surface area (Å²) >= 11 is 0. The van der Waals surface area contributed by atoms with Crippen LogP contribution in [0.15, 0.2) is 91.0 Å². The summed E-state index contributed by atoms with van der Waals surface area (Å²) in [7, 11) is -4.83. The second kappa shape index (κ2) is 7.07. The second-order valence-electron chi connectivity index (χ2n) is 5.22. The molecule has 2 N–H and O–H groups in total. The summed E-state index contributed by atoms with van der Waals surface area (Å²) in [5.74, 6) is 0. The Morgan fingerprint density at radius 1 is 0.565 bits per heavy atom. The average molecular weight is 324 g/mol. The Bertz CT molecular complexity index is 639. The molecule has 0 unspecified atom stereocenters. The quantitative estimate of drug-likeness (QED) is 0.554. The van der Waals surface area contributed by atoms with Gasteiger partial charge in [-0.1, -0.05) is 0 Å². The molecule has 0 radical (unpaired) electrons. The zero-order valence-electron chi connectivity index (χ0n) is 12.5. The van der Waals surface area contributed by atoms with Crippen LogP contribution in [0.5, 0.6) is 0 Å². The van der Waals surface area contributed by atoms with Gasteiger partial charge in [-0.2, -0.15) is 0 Å². The molecule has 0 heterocycles. The van der Waals surface area contributed by atoms with Gasteiger partial charge in [0.15, 0.2) is 0 Å². The molecule has 23 heavy (non-hydrogen) atoms. The van der Waals surface area contributed by atoms with Gasteiger partial charge in [0, 0.05) is 0 Å². The van der Waals surface area contributed by atoms with Crippen molar-refractivity contribution >= 4 is 30.7 Å². The van der Waals surface area contributed by atoms with Crippen LogP contribution in [0.3, 0.4) is 0 Å². The summed E-state index contributed by atoms with van der Waals surface area (Å²) in [6, 6.07) is 29.3. The normalized spacial score (nSPS) is 11.9. The van der Waals surface area contributed by atoms with E-state index in [9.17, 15) is 10.0 Å². The molecule has 0 aliphatic rings. The van der Waals surface area contributed by atoms with Gasteiger partial charge in [0.05, 0.1) is 0 Å². The van der Waals surface area contributed by atoms with Gasteiger partial charge in [0.1, 0.15) is 0 Å². The van der Waals surface area contributed by atoms with Crippen LogP contribution in [0.2, 0.25) is 0 Å². The third-order valence-corrected chi connectivity index (χ3v) is 7.83. The van der Waals surface area contributed by atoms with E-state index in [1.165, 1.54) is 0 Å². The van der Waals surface area contributed by atoms with Crippen molar-refractivity contribution in [3.05, 3.63) is 91.0 Å². The van der Waals surface area contributed by atoms with Crippen molar-refractivity contribution in [3.8, 4) is 0 Å². The summed E-state index contributed by atoms with van der Waals surface area (Å²) in [5, 5.41) is 22.2. The molecule has 3 aromatic rings. The average Bonchev–Trinajstić information content (AvgIpc) is 2.62. The molecule has 0 spiro atoms. The molecule has 116 valence electrons. The van der Waals surface area contributed by atoms with Gasteiger partial charge < -0.3 is 0 Å². The zero-order valence-corrected chi connectivity index (χ0v) is 13.5. The maximum atomic E-state index is 9.64. The van der Waals surface area contributed by atoms with E-state index in [0.717, 1.165) is 15.9 Å². The molecule has 0 aliphatic heterocycles. The predicted octanol–water partition coefficient (Wildman–Crippen LogP) is 1.61. The monoisotopic (exact) mass is 324 g/mol. The fraction of sp³-hybridized carbons (Fsp3) is 0. The van der Waals surface area contributed by atoms with Gasteiger partial charge in [-0.15, -0.1) is 0 Å². The summed E-state index contributed by atoms with van der Waals surface area (Å²) in [5.41, 5.74) is 0. The maximum absolute atomic E-state index is 9.64. The molecule has 0 aliphatic carbocycles. The molecule has 3 aromatic carbocycles. The van der Waals surface area contributed by atoms with Gasteiger partial charge in [-0.05, 0) is 0 Å². The SMILES string of the molecule is OB(O)O[PH](c1ccccc1)(c1ccccc1)c1ccccc1. The van der Waals surface area contributed by atoms with Crippen molar-refractivity contribution in [1.29, 1.82) is 0 Å². The van der Waals surface area contributed by atoms with E-state index in [0.29, 0.717) is 0 Å². The summed E-state index contributed by atoms with van der Waals surface area (Å²) in [6.07, 6.45) is 0. The molecule has 0 amide bonds. The second-order valence-corrected chi connectivity index (χ2v) is 8.55. The van der Waals surface area contributed by atoms with E-state index in [4.69, 9.17) is 4.44 Å². The third-order valence-electron chi connectivity index (χ3n) is 3.82. The van der Waals surface area contributed by atoms with E-state index in [-0.39, 0.29) is 0 Å². The fourth-order valence-electron chi connectivity index (χ4n) is 2.88. The molecule has 0 atom stereocenters. The number of hydrogen-bond acceptors (Lipinski definition) is 3. The first kappa shape index (κ1) is 15.9.